The van der Waals surface area contributed by atoms with E-state index in [9.17, 15) is 24.0 Å². The average Bonchev–Trinajstić information content (AvgIpc) is 1.67. The molecule has 3 saturated heterocycles. The molecule has 26 heteroatoms. The van der Waals surface area contributed by atoms with E-state index in [2.05, 4.69) is 58.5 Å². The normalized spacial score (nSPS) is 23.3. The number of carbonyl (C=O) groups is 12. The van der Waals surface area contributed by atoms with Crippen LogP contribution in [0.3, 0.4) is 0 Å². The molecule has 600 valence electrons. The van der Waals surface area contributed by atoms with Crippen LogP contribution in [0.15, 0.2) is 91.0 Å². The van der Waals surface area contributed by atoms with Gasteiger partial charge in [0.05, 0.1) is 36.3 Å². The van der Waals surface area contributed by atoms with E-state index in [1.54, 1.807) is 41.9 Å². The van der Waals surface area contributed by atoms with Crippen LogP contribution >= 0.6 is 0 Å². The van der Waals surface area contributed by atoms with Gasteiger partial charge < -0.3 is 73.2 Å². The molecule has 11 N–H and O–H groups in total. The first-order valence-electron chi connectivity index (χ1n) is 39.8. The number of hydrogen-bond donors (Lipinski definition) is 11. The van der Waals surface area contributed by atoms with Gasteiger partial charge in [0.15, 0.2) is 5.78 Å². The van der Waals surface area contributed by atoms with Crippen LogP contribution in [0.1, 0.15) is 230 Å². The Bertz CT molecular complexity index is 3740. The Morgan fingerprint density at radius 1 is 0.396 bits per heavy atom. The molecule has 0 radical (unpaired) electrons. The van der Waals surface area contributed by atoms with Crippen LogP contribution in [0.4, 0.5) is 0 Å². The highest BCUT2D eigenvalue weighted by Gasteiger charge is 2.50. The summed E-state index contributed by atoms with van der Waals surface area (Å²) in [6.45, 7) is 20.9. The van der Waals surface area contributed by atoms with Crippen LogP contribution in [0, 0.1) is 22.2 Å². The minimum atomic E-state index is -1.14. The number of benzene rings is 4. The number of carbonyl (C=O) groups excluding carboxylic acids is 12. The Kier molecular flexibility index (Phi) is 26.9. The number of hydrogen-bond acceptors (Lipinski definition) is 15. The number of likely N-dealkylation sites (tertiary alicyclic amines) is 3. The first-order valence-corrected chi connectivity index (χ1v) is 39.8. The molecule has 10 rings (SSSR count). The number of nitrogens with one attached hydrogen (secondary N) is 11. The van der Waals surface area contributed by atoms with Crippen molar-refractivity contribution in [3.05, 3.63) is 141 Å². The first kappa shape index (κ1) is 84.1. The van der Waals surface area contributed by atoms with Crippen molar-refractivity contribution in [2.45, 2.75) is 251 Å². The molecule has 0 aromatic heterocycles. The van der Waals surface area contributed by atoms with Crippen molar-refractivity contribution in [3.8, 4) is 0 Å². The summed E-state index contributed by atoms with van der Waals surface area (Å²) in [4.78, 5) is 182. The molecule has 111 heavy (non-hydrogen) atoms. The summed E-state index contributed by atoms with van der Waals surface area (Å²) in [5.74, 6) is -7.05. The molecule has 11 amide bonds. The maximum atomic E-state index is 15.5. The first-order chi connectivity index (χ1) is 52.5. The van der Waals surface area contributed by atoms with Gasteiger partial charge in [-0.1, -0.05) is 135 Å². The molecule has 3 heterocycles. The molecular weight excluding hydrogens is 1410 g/mol. The van der Waals surface area contributed by atoms with E-state index in [4.69, 9.17) is 0 Å². The Morgan fingerprint density at radius 3 is 1.01 bits per heavy atom. The van der Waals surface area contributed by atoms with Crippen LogP contribution in [-0.2, 0) is 62.4 Å². The van der Waals surface area contributed by atoms with Crippen LogP contribution in [-0.4, -0.2) is 193 Å². The van der Waals surface area contributed by atoms with Gasteiger partial charge in [0, 0.05) is 54.8 Å². The fourth-order valence-electron chi connectivity index (χ4n) is 16.6. The molecule has 1 unspecified atom stereocenters. The van der Waals surface area contributed by atoms with Crippen LogP contribution in [0.25, 0.3) is 0 Å². The molecule has 15 atom stereocenters. The second-order valence-electron chi connectivity index (χ2n) is 34.8. The van der Waals surface area contributed by atoms with E-state index in [0.717, 1.165) is 71.9 Å². The molecule has 6 aliphatic rings. The monoisotopic (exact) mass is 1530 g/mol. The third-order valence-corrected chi connectivity index (χ3v) is 23.4. The van der Waals surface area contributed by atoms with Crippen molar-refractivity contribution >= 4 is 70.8 Å². The van der Waals surface area contributed by atoms with Gasteiger partial charge in [0.1, 0.15) is 36.3 Å². The highest BCUT2D eigenvalue weighted by molar-refractivity contribution is 6.06. The van der Waals surface area contributed by atoms with Gasteiger partial charge in [-0.2, -0.15) is 0 Å². The number of likely N-dealkylation sites (N-methyl/N-ethyl adjacent to an activating group) is 3. The summed E-state index contributed by atoms with van der Waals surface area (Å²) in [7, 11) is 4.88. The summed E-state index contributed by atoms with van der Waals surface area (Å²) < 4.78 is 0. The van der Waals surface area contributed by atoms with E-state index in [-0.39, 0.29) is 80.1 Å². The van der Waals surface area contributed by atoms with E-state index in [1.807, 2.05) is 135 Å². The standard InChI is InChI=1S/C85H118N14O12/c1-47(86-13)72(101)94-69(83(4,5)6)80(109)97-44-50(37-65(97)77(106)91-62-34-22-28-51-25-16-19-31-59(51)62)38-68(100)54-39-55(75(104)89-57-42-66(78(107)92-63-35-23-29-52-26-17-20-32-60(52)63)98(45-57)81(110)70(84(7,8)9)95-73(102)48(2)87-14)41-56(40-54)76(105)90-58-43-67(79(108)93-64-36-24-30-53-27-18-21-33-61(53)64)99(46-58)82(111)71(85(10,11)12)96-74(103)49(3)88-15/h16-21,25-27,31-33,39-41,47-50,57-58,62-67,69-71,86-88H,22-24,28-30,34-38,42-46H2,1-15H3,(H,89,104)(H,90,105)(H,91,106)(H,92,107)(H,93,108)(H,94,101)(H,95,102)(H,96,103)/t47-,48-,49-,50+,57-,58-,62+,63+,64+,65-,66-,67-,69+,70+,71?/m0/s1. The molecule has 0 bridgehead atoms. The summed E-state index contributed by atoms with van der Waals surface area (Å²) in [5, 5.41) is 33.4. The van der Waals surface area contributed by atoms with Crippen molar-refractivity contribution in [1.82, 2.24) is 73.2 Å². The zero-order valence-corrected chi connectivity index (χ0v) is 67.4. The quantitative estimate of drug-likeness (QED) is 0.0346. The van der Waals surface area contributed by atoms with E-state index in [1.165, 1.54) is 32.9 Å². The average molecular weight is 1530 g/mol. The number of nitrogens with zero attached hydrogens (tertiary/aromatic N) is 3. The minimum absolute atomic E-state index is 0.0310. The second kappa shape index (κ2) is 35.5. The smallest absolute Gasteiger partial charge is 0.251 e. The zero-order chi connectivity index (χ0) is 80.7. The number of ketones is 1. The Hall–Kier alpha value is -9.40. The number of Topliss-reactive ketones (excluding diaryl/α,β-unsaturated/α-hetero) is 1. The summed E-state index contributed by atoms with van der Waals surface area (Å²) in [6.07, 6.45) is 6.49. The topological polar surface area (TPSA) is 347 Å². The molecule has 0 spiro atoms. The van der Waals surface area contributed by atoms with Crippen LogP contribution < -0.4 is 58.5 Å². The number of aryl methyl sites for hydroxylation is 3. The molecular formula is C85H118N14O12. The number of amides is 11. The molecule has 26 nitrogen and oxygen atoms in total. The number of fused-ring (bicyclic) bond motifs is 3. The lowest BCUT2D eigenvalue weighted by molar-refractivity contribution is -0.144. The zero-order valence-electron chi connectivity index (χ0n) is 67.4. The third kappa shape index (κ3) is 19.9. The van der Waals surface area contributed by atoms with Crippen LogP contribution in [0.5, 0.6) is 0 Å². The maximum Gasteiger partial charge on any atom is 0.251 e. The predicted molar refractivity (Wildman–Crippen MR) is 422 cm³/mol. The lowest BCUT2D eigenvalue weighted by atomic mass is 9.85. The van der Waals surface area contributed by atoms with Gasteiger partial charge in [-0.3, -0.25) is 57.5 Å². The molecule has 3 aliphatic carbocycles. The molecule has 3 fully saturated rings. The van der Waals surface area contributed by atoms with Gasteiger partial charge in [-0.25, -0.2) is 0 Å². The van der Waals surface area contributed by atoms with Gasteiger partial charge in [-0.05, 0) is 193 Å². The predicted octanol–water partition coefficient (Wildman–Crippen LogP) is 5.87. The SMILES string of the molecule is CN[C@@H](C)C(=O)NC(C(=O)N1C[C@@H](NC(=O)c2cc(C(=O)C[C@H]3C[C@@H](C(=O)N[C@@H]4CCCc5ccccc54)N(C(=O)[C@@H](NC(=O)[C@H](C)NC)C(C)(C)C)C3)cc(C(=O)N[C@H]3C[C@@H](C(=O)N[C@@H]4CCCc5ccccc54)N(C(=O)[C@@H](NC(=O)[C@H](C)NC)C(C)(C)C)C3)c2)C[C@H]1C(=O)N[C@@H]1CCCc2ccccc21)C(C)(C)C. The Balaban J connectivity index is 0.999. The lowest BCUT2D eigenvalue weighted by Crippen LogP contribution is -2.59. The van der Waals surface area contributed by atoms with Gasteiger partial charge in [0.2, 0.25) is 53.2 Å². The van der Waals surface area contributed by atoms with E-state index in [0.29, 0.717) is 19.3 Å². The van der Waals surface area contributed by atoms with Crippen molar-refractivity contribution in [1.29, 1.82) is 0 Å². The van der Waals surface area contributed by atoms with Crippen molar-refractivity contribution < 1.29 is 57.5 Å². The largest absolute Gasteiger partial charge is 0.347 e. The van der Waals surface area contributed by atoms with E-state index >= 15 is 33.6 Å². The second-order valence-corrected chi connectivity index (χ2v) is 34.8. The minimum Gasteiger partial charge on any atom is -0.347 e. The Labute approximate surface area is 653 Å². The summed E-state index contributed by atoms with van der Waals surface area (Å²) >= 11 is 0. The van der Waals surface area contributed by atoms with Gasteiger partial charge >= 0.3 is 0 Å². The molecule has 4 aromatic rings. The highest BCUT2D eigenvalue weighted by Crippen LogP contribution is 2.38. The van der Waals surface area contributed by atoms with Gasteiger partial charge in [-0.15, -0.1) is 0 Å². The van der Waals surface area contributed by atoms with Crippen molar-refractivity contribution in [2.24, 2.45) is 22.2 Å². The third-order valence-electron chi connectivity index (χ3n) is 23.4. The van der Waals surface area contributed by atoms with Crippen molar-refractivity contribution in [3.63, 3.8) is 0 Å². The summed E-state index contributed by atoms with van der Waals surface area (Å²) in [5.41, 5.74) is 3.23. The van der Waals surface area contributed by atoms with E-state index < -0.39 is 159 Å². The number of rotatable bonds is 25. The van der Waals surface area contributed by atoms with Crippen LogP contribution in [0.2, 0.25) is 0 Å². The fraction of sp³-hybridized carbons (Fsp3) is 0.576. The lowest BCUT2D eigenvalue weighted by Gasteiger charge is -2.36. The molecule has 0 saturated carbocycles. The van der Waals surface area contributed by atoms with Crippen molar-refractivity contribution in [2.75, 3.05) is 40.8 Å². The molecule has 4 aromatic carbocycles. The van der Waals surface area contributed by atoms with Gasteiger partial charge in [0.25, 0.3) is 11.8 Å². The summed E-state index contributed by atoms with van der Waals surface area (Å²) in [6, 6.07) is 16.0. The molecule has 3 aliphatic heterocycles. The maximum absolute atomic E-state index is 15.5. The fourth-order valence-corrected chi connectivity index (χ4v) is 16.6. The highest BCUT2D eigenvalue weighted by atomic mass is 16.2. The Morgan fingerprint density at radius 2 is 0.694 bits per heavy atom.